The quantitative estimate of drug-likeness (QED) is 0.550. The van der Waals surface area contributed by atoms with Gasteiger partial charge in [-0.2, -0.15) is 10.4 Å². The summed E-state index contributed by atoms with van der Waals surface area (Å²) in [4.78, 5) is 10.4. The van der Waals surface area contributed by atoms with Gasteiger partial charge in [0.1, 0.15) is 6.07 Å². The Labute approximate surface area is 80.3 Å². The van der Waals surface area contributed by atoms with Crippen LogP contribution < -0.4 is 5.43 Å². The molecule has 0 saturated carbocycles. The largest absolute Gasteiger partial charge is 0.476 e. The Morgan fingerprint density at radius 1 is 1.43 bits per heavy atom. The maximum absolute atomic E-state index is 10.4. The molecule has 0 spiro atoms. The second kappa shape index (κ2) is 4.62. The number of carboxylic acid groups (broad SMARTS) is 1. The number of hydrazone groups is 1. The molecule has 0 heterocycles. The van der Waals surface area contributed by atoms with Crippen molar-refractivity contribution >= 4 is 17.4 Å². The third kappa shape index (κ3) is 2.60. The highest BCUT2D eigenvalue weighted by Gasteiger charge is 2.06. The fourth-order valence-electron chi connectivity index (χ4n) is 0.754. The van der Waals surface area contributed by atoms with Crippen molar-refractivity contribution in [1.29, 1.82) is 5.26 Å². The number of carboxylic acids is 1. The zero-order valence-electron chi connectivity index (χ0n) is 7.14. The third-order valence-corrected chi connectivity index (χ3v) is 1.38. The second-order valence-electron chi connectivity index (χ2n) is 2.36. The number of nitriles is 1. The van der Waals surface area contributed by atoms with Gasteiger partial charge in [-0.15, -0.1) is 0 Å². The molecule has 0 radical (unpaired) electrons. The van der Waals surface area contributed by atoms with Crippen LogP contribution in [0.1, 0.15) is 0 Å². The van der Waals surface area contributed by atoms with E-state index in [9.17, 15) is 4.79 Å². The Kier molecular flexibility index (Phi) is 3.21. The minimum Gasteiger partial charge on any atom is -0.476 e. The molecule has 0 aliphatic carbocycles. The molecule has 1 aromatic rings. The summed E-state index contributed by atoms with van der Waals surface area (Å²) in [5, 5.41) is 20.2. The minimum absolute atomic E-state index is 0.575. The van der Waals surface area contributed by atoms with E-state index in [4.69, 9.17) is 10.4 Å². The minimum atomic E-state index is -1.35. The highest BCUT2D eigenvalue weighted by molar-refractivity contribution is 6.42. The fourth-order valence-corrected chi connectivity index (χ4v) is 0.754. The molecule has 0 bridgehead atoms. The van der Waals surface area contributed by atoms with Crippen LogP contribution in [0.25, 0.3) is 0 Å². The number of anilines is 1. The number of nitrogens with zero attached hydrogens (tertiary/aromatic N) is 2. The Morgan fingerprint density at radius 2 is 2.07 bits per heavy atom. The first-order valence-electron chi connectivity index (χ1n) is 3.76. The summed E-state index contributed by atoms with van der Waals surface area (Å²) >= 11 is 0. The van der Waals surface area contributed by atoms with Gasteiger partial charge >= 0.3 is 5.97 Å². The number of carbonyl (C=O) groups is 1. The van der Waals surface area contributed by atoms with Crippen LogP contribution in [0.3, 0.4) is 0 Å². The van der Waals surface area contributed by atoms with E-state index >= 15 is 0 Å². The zero-order valence-corrected chi connectivity index (χ0v) is 7.14. The molecule has 70 valence electrons. The van der Waals surface area contributed by atoms with E-state index in [0.717, 1.165) is 0 Å². The first-order chi connectivity index (χ1) is 6.74. The molecule has 0 unspecified atom stereocenters. The molecule has 5 heteroatoms. The SMILES string of the molecule is N#C/C(=N/Nc1ccccc1)C(=O)O. The number of nitrogens with one attached hydrogen (secondary N) is 1. The Hall–Kier alpha value is -2.35. The lowest BCUT2D eigenvalue weighted by molar-refractivity contribution is -0.129. The molecule has 0 fully saturated rings. The van der Waals surface area contributed by atoms with Gasteiger partial charge in [0, 0.05) is 0 Å². The molecule has 0 aliphatic rings. The second-order valence-corrected chi connectivity index (χ2v) is 2.36. The maximum Gasteiger partial charge on any atom is 0.367 e. The average Bonchev–Trinajstić information content (AvgIpc) is 2.20. The van der Waals surface area contributed by atoms with Gasteiger partial charge in [-0.05, 0) is 12.1 Å². The molecular formula is C9H7N3O2. The topological polar surface area (TPSA) is 85.5 Å². The molecule has 14 heavy (non-hydrogen) atoms. The summed E-state index contributed by atoms with van der Waals surface area (Å²) in [6.07, 6.45) is 0. The lowest BCUT2D eigenvalue weighted by Crippen LogP contribution is -2.12. The molecule has 1 rings (SSSR count). The number of para-hydroxylation sites is 1. The van der Waals surface area contributed by atoms with Crippen LogP contribution in [0.4, 0.5) is 5.69 Å². The molecule has 0 saturated heterocycles. The smallest absolute Gasteiger partial charge is 0.367 e. The van der Waals surface area contributed by atoms with Crippen LogP contribution in [-0.4, -0.2) is 16.8 Å². The number of benzene rings is 1. The molecule has 0 aromatic heterocycles. The Balaban J connectivity index is 2.73. The zero-order chi connectivity index (χ0) is 10.4. The number of aliphatic carboxylic acids is 1. The summed E-state index contributed by atoms with van der Waals surface area (Å²) in [7, 11) is 0. The summed E-state index contributed by atoms with van der Waals surface area (Å²) in [5.74, 6) is -1.35. The van der Waals surface area contributed by atoms with E-state index in [1.807, 2.05) is 6.07 Å². The lowest BCUT2D eigenvalue weighted by atomic mass is 10.3. The fraction of sp³-hybridized carbons (Fsp3) is 0. The highest BCUT2D eigenvalue weighted by atomic mass is 16.4. The van der Waals surface area contributed by atoms with Crippen molar-refractivity contribution in [3.8, 4) is 6.07 Å². The van der Waals surface area contributed by atoms with Crippen molar-refractivity contribution in [2.75, 3.05) is 5.43 Å². The molecule has 5 nitrogen and oxygen atoms in total. The van der Waals surface area contributed by atoms with Crippen molar-refractivity contribution in [3.63, 3.8) is 0 Å². The van der Waals surface area contributed by atoms with Crippen molar-refractivity contribution in [3.05, 3.63) is 30.3 Å². The van der Waals surface area contributed by atoms with Crippen molar-refractivity contribution in [2.45, 2.75) is 0 Å². The van der Waals surface area contributed by atoms with Crippen LogP contribution in [0.2, 0.25) is 0 Å². The van der Waals surface area contributed by atoms with Crippen molar-refractivity contribution < 1.29 is 9.90 Å². The van der Waals surface area contributed by atoms with Crippen LogP contribution in [0.15, 0.2) is 35.4 Å². The van der Waals surface area contributed by atoms with E-state index in [1.54, 1.807) is 24.3 Å². The lowest BCUT2D eigenvalue weighted by Gasteiger charge is -1.97. The molecule has 0 amide bonds. The summed E-state index contributed by atoms with van der Waals surface area (Å²) in [6, 6.07) is 10.2. The van der Waals surface area contributed by atoms with Crippen molar-refractivity contribution in [2.24, 2.45) is 5.10 Å². The van der Waals surface area contributed by atoms with E-state index in [0.29, 0.717) is 5.69 Å². The van der Waals surface area contributed by atoms with Gasteiger partial charge in [0.05, 0.1) is 5.69 Å². The van der Waals surface area contributed by atoms with Gasteiger partial charge in [0.2, 0.25) is 5.71 Å². The highest BCUT2D eigenvalue weighted by Crippen LogP contribution is 2.04. The summed E-state index contributed by atoms with van der Waals surface area (Å²) in [5.41, 5.74) is 2.51. The third-order valence-electron chi connectivity index (χ3n) is 1.38. The average molecular weight is 189 g/mol. The van der Waals surface area contributed by atoms with Crippen LogP contribution in [0, 0.1) is 11.3 Å². The van der Waals surface area contributed by atoms with Gasteiger partial charge < -0.3 is 5.11 Å². The van der Waals surface area contributed by atoms with Crippen LogP contribution >= 0.6 is 0 Å². The van der Waals surface area contributed by atoms with Gasteiger partial charge in [-0.3, -0.25) is 5.43 Å². The van der Waals surface area contributed by atoms with Gasteiger partial charge in [0.25, 0.3) is 0 Å². The van der Waals surface area contributed by atoms with Crippen LogP contribution in [-0.2, 0) is 4.79 Å². The molecule has 2 N–H and O–H groups in total. The standard InChI is InChI=1S/C9H7N3O2/c10-6-8(9(13)14)12-11-7-4-2-1-3-5-7/h1-5,11H,(H,13,14)/b12-8-. The number of hydrogen-bond acceptors (Lipinski definition) is 4. The normalized spacial score (nSPS) is 10.4. The number of hydrogen-bond donors (Lipinski definition) is 2. The first kappa shape index (κ1) is 9.74. The molecular weight excluding hydrogens is 182 g/mol. The predicted molar refractivity (Wildman–Crippen MR) is 50.7 cm³/mol. The Morgan fingerprint density at radius 3 is 2.57 bits per heavy atom. The van der Waals surface area contributed by atoms with E-state index in [-0.39, 0.29) is 0 Å². The van der Waals surface area contributed by atoms with E-state index < -0.39 is 11.7 Å². The van der Waals surface area contributed by atoms with Crippen LogP contribution in [0.5, 0.6) is 0 Å². The first-order valence-corrected chi connectivity index (χ1v) is 3.76. The molecule has 0 atom stereocenters. The van der Waals surface area contributed by atoms with E-state index in [2.05, 4.69) is 10.5 Å². The Bertz CT molecular complexity index is 392. The number of rotatable bonds is 3. The van der Waals surface area contributed by atoms with E-state index in [1.165, 1.54) is 6.07 Å². The predicted octanol–water partition coefficient (Wildman–Crippen LogP) is 1.06. The van der Waals surface area contributed by atoms with Gasteiger partial charge in [-0.25, -0.2) is 4.79 Å². The monoisotopic (exact) mass is 189 g/mol. The van der Waals surface area contributed by atoms with Gasteiger partial charge in [-0.1, -0.05) is 18.2 Å². The molecule has 1 aromatic carbocycles. The summed E-state index contributed by atoms with van der Waals surface area (Å²) in [6.45, 7) is 0. The van der Waals surface area contributed by atoms with Crippen molar-refractivity contribution in [1.82, 2.24) is 0 Å². The summed E-state index contributed by atoms with van der Waals surface area (Å²) < 4.78 is 0. The maximum atomic E-state index is 10.4. The molecule has 0 aliphatic heterocycles. The van der Waals surface area contributed by atoms with Gasteiger partial charge in [0.15, 0.2) is 0 Å².